The second kappa shape index (κ2) is 5.52. The molecule has 5 nitrogen and oxygen atoms in total. The smallest absolute Gasteiger partial charge is 0.320 e. The molecule has 2 rings (SSSR count). The van der Waals surface area contributed by atoms with Crippen molar-refractivity contribution in [1.82, 2.24) is 10.1 Å². The zero-order valence-corrected chi connectivity index (χ0v) is 11.0. The van der Waals surface area contributed by atoms with E-state index in [-0.39, 0.29) is 6.04 Å². The number of rotatable bonds is 3. The van der Waals surface area contributed by atoms with Crippen molar-refractivity contribution in [3.8, 4) is 0 Å². The highest BCUT2D eigenvalue weighted by molar-refractivity contribution is 5.73. The molecule has 1 aliphatic rings. The summed E-state index contributed by atoms with van der Waals surface area (Å²) in [5.74, 6) is 0.0737. The van der Waals surface area contributed by atoms with E-state index >= 15 is 0 Å². The van der Waals surface area contributed by atoms with Crippen LogP contribution < -0.4 is 0 Å². The number of hydrogen-bond donors (Lipinski definition) is 1. The van der Waals surface area contributed by atoms with Crippen LogP contribution in [0, 0.1) is 13.8 Å². The van der Waals surface area contributed by atoms with Gasteiger partial charge in [0.2, 0.25) is 0 Å². The van der Waals surface area contributed by atoms with Gasteiger partial charge in [-0.25, -0.2) is 0 Å². The quantitative estimate of drug-likeness (QED) is 0.892. The SMILES string of the molecule is Cc1noc(C)c1CN1CCCCCC1C(=O)O. The van der Waals surface area contributed by atoms with E-state index in [9.17, 15) is 9.90 Å². The van der Waals surface area contributed by atoms with Crippen LogP contribution in [0.2, 0.25) is 0 Å². The third-order valence-corrected chi connectivity index (χ3v) is 3.69. The van der Waals surface area contributed by atoms with Crippen LogP contribution in [0.3, 0.4) is 0 Å². The summed E-state index contributed by atoms with van der Waals surface area (Å²) in [6.45, 7) is 5.24. The van der Waals surface area contributed by atoms with Gasteiger partial charge in [0.1, 0.15) is 11.8 Å². The number of carboxylic acids is 1. The number of carbonyl (C=O) groups is 1. The van der Waals surface area contributed by atoms with Gasteiger partial charge in [0, 0.05) is 12.1 Å². The Morgan fingerprint density at radius 2 is 2.22 bits per heavy atom. The van der Waals surface area contributed by atoms with E-state index in [1.54, 1.807) is 0 Å². The first-order valence-electron chi connectivity index (χ1n) is 6.48. The number of aliphatic carboxylic acids is 1. The van der Waals surface area contributed by atoms with E-state index in [1.807, 2.05) is 18.7 Å². The largest absolute Gasteiger partial charge is 0.480 e. The molecular weight excluding hydrogens is 232 g/mol. The van der Waals surface area contributed by atoms with Crippen LogP contribution >= 0.6 is 0 Å². The Kier molecular flexibility index (Phi) is 4.01. The third-order valence-electron chi connectivity index (χ3n) is 3.69. The second-order valence-electron chi connectivity index (χ2n) is 4.98. The lowest BCUT2D eigenvalue weighted by molar-refractivity contribution is -0.143. The minimum Gasteiger partial charge on any atom is -0.480 e. The molecule has 1 N–H and O–H groups in total. The highest BCUT2D eigenvalue weighted by atomic mass is 16.5. The summed E-state index contributed by atoms with van der Waals surface area (Å²) in [6, 6.07) is -0.374. The van der Waals surface area contributed by atoms with Gasteiger partial charge in [0.05, 0.1) is 5.69 Å². The van der Waals surface area contributed by atoms with Crippen molar-refractivity contribution < 1.29 is 14.4 Å². The molecule has 2 heterocycles. The number of aryl methyl sites for hydroxylation is 2. The van der Waals surface area contributed by atoms with Gasteiger partial charge in [-0.05, 0) is 33.2 Å². The standard InChI is InChI=1S/C13H20N2O3/c1-9-11(10(2)18-14-9)8-15-7-5-3-4-6-12(15)13(16)17/h12H,3-8H2,1-2H3,(H,16,17). The molecule has 0 aliphatic carbocycles. The summed E-state index contributed by atoms with van der Waals surface area (Å²) in [7, 11) is 0. The summed E-state index contributed by atoms with van der Waals surface area (Å²) in [5.41, 5.74) is 1.89. The van der Waals surface area contributed by atoms with Crippen LogP contribution in [-0.2, 0) is 11.3 Å². The van der Waals surface area contributed by atoms with E-state index in [1.165, 1.54) is 0 Å². The fourth-order valence-electron chi connectivity index (χ4n) is 2.57. The number of hydrogen-bond acceptors (Lipinski definition) is 4. The fraction of sp³-hybridized carbons (Fsp3) is 0.692. The maximum Gasteiger partial charge on any atom is 0.320 e. The molecule has 1 aliphatic heterocycles. The van der Waals surface area contributed by atoms with E-state index in [0.717, 1.165) is 49.2 Å². The first-order chi connectivity index (χ1) is 8.59. The van der Waals surface area contributed by atoms with Crippen molar-refractivity contribution in [2.24, 2.45) is 0 Å². The van der Waals surface area contributed by atoms with Crippen molar-refractivity contribution in [2.75, 3.05) is 6.54 Å². The van der Waals surface area contributed by atoms with Crippen LogP contribution in [0.25, 0.3) is 0 Å². The lowest BCUT2D eigenvalue weighted by atomic mass is 10.1. The zero-order chi connectivity index (χ0) is 13.1. The van der Waals surface area contributed by atoms with Gasteiger partial charge in [0.25, 0.3) is 0 Å². The van der Waals surface area contributed by atoms with Crippen LogP contribution in [-0.4, -0.2) is 33.7 Å². The Morgan fingerprint density at radius 3 is 2.83 bits per heavy atom. The van der Waals surface area contributed by atoms with Crippen LogP contribution in [0.1, 0.15) is 42.7 Å². The number of likely N-dealkylation sites (tertiary alicyclic amines) is 1. The third kappa shape index (κ3) is 2.72. The fourth-order valence-corrected chi connectivity index (χ4v) is 2.57. The second-order valence-corrected chi connectivity index (χ2v) is 4.98. The number of aromatic nitrogens is 1. The van der Waals surface area contributed by atoms with E-state index < -0.39 is 5.97 Å². The Balaban J connectivity index is 2.16. The van der Waals surface area contributed by atoms with Crippen LogP contribution in [0.5, 0.6) is 0 Å². The number of carboxylic acid groups (broad SMARTS) is 1. The predicted octanol–water partition coefficient (Wildman–Crippen LogP) is 2.12. The highest BCUT2D eigenvalue weighted by Gasteiger charge is 2.28. The maximum atomic E-state index is 11.3. The molecule has 0 radical (unpaired) electrons. The van der Waals surface area contributed by atoms with Gasteiger partial charge in [-0.15, -0.1) is 0 Å². The molecular formula is C13H20N2O3. The molecule has 0 bridgehead atoms. The number of nitrogens with zero attached hydrogens (tertiary/aromatic N) is 2. The molecule has 1 unspecified atom stereocenters. The Morgan fingerprint density at radius 1 is 1.44 bits per heavy atom. The van der Waals surface area contributed by atoms with Gasteiger partial charge in [-0.3, -0.25) is 9.69 Å². The predicted molar refractivity (Wildman–Crippen MR) is 66.3 cm³/mol. The van der Waals surface area contributed by atoms with Gasteiger partial charge in [0.15, 0.2) is 0 Å². The average molecular weight is 252 g/mol. The topological polar surface area (TPSA) is 66.6 Å². The Labute approximate surface area is 107 Å². The summed E-state index contributed by atoms with van der Waals surface area (Å²) in [5, 5.41) is 13.2. The molecule has 5 heteroatoms. The molecule has 18 heavy (non-hydrogen) atoms. The highest BCUT2D eigenvalue weighted by Crippen LogP contribution is 2.22. The minimum atomic E-state index is -0.719. The average Bonchev–Trinajstić information content (AvgIpc) is 2.57. The molecule has 0 spiro atoms. The molecule has 0 aromatic carbocycles. The molecule has 100 valence electrons. The van der Waals surface area contributed by atoms with Crippen molar-refractivity contribution in [2.45, 2.75) is 52.1 Å². The maximum absolute atomic E-state index is 11.3. The minimum absolute atomic E-state index is 0.374. The van der Waals surface area contributed by atoms with Gasteiger partial charge < -0.3 is 9.63 Å². The summed E-state index contributed by atoms with van der Waals surface area (Å²) in [4.78, 5) is 13.4. The first-order valence-corrected chi connectivity index (χ1v) is 6.48. The van der Waals surface area contributed by atoms with Gasteiger partial charge in [-0.1, -0.05) is 18.0 Å². The van der Waals surface area contributed by atoms with E-state index in [2.05, 4.69) is 5.16 Å². The molecule has 1 aromatic heterocycles. The molecule has 1 saturated heterocycles. The van der Waals surface area contributed by atoms with Crippen molar-refractivity contribution in [3.05, 3.63) is 17.0 Å². The molecule has 0 saturated carbocycles. The molecule has 0 amide bonds. The summed E-state index contributed by atoms with van der Waals surface area (Å²) < 4.78 is 5.14. The lowest BCUT2D eigenvalue weighted by Gasteiger charge is -2.26. The molecule has 1 fully saturated rings. The van der Waals surface area contributed by atoms with E-state index in [0.29, 0.717) is 6.54 Å². The van der Waals surface area contributed by atoms with Crippen LogP contribution in [0.4, 0.5) is 0 Å². The normalized spacial score (nSPS) is 21.8. The zero-order valence-electron chi connectivity index (χ0n) is 11.0. The Bertz CT molecular complexity index is 408. The summed E-state index contributed by atoms with van der Waals surface area (Å²) >= 11 is 0. The van der Waals surface area contributed by atoms with Gasteiger partial charge in [-0.2, -0.15) is 0 Å². The Hall–Kier alpha value is -1.36. The molecule has 1 aromatic rings. The lowest BCUT2D eigenvalue weighted by Crippen LogP contribution is -2.40. The van der Waals surface area contributed by atoms with Gasteiger partial charge >= 0.3 is 5.97 Å². The van der Waals surface area contributed by atoms with Crippen molar-refractivity contribution in [1.29, 1.82) is 0 Å². The monoisotopic (exact) mass is 252 g/mol. The van der Waals surface area contributed by atoms with E-state index in [4.69, 9.17) is 4.52 Å². The van der Waals surface area contributed by atoms with Crippen LogP contribution in [0.15, 0.2) is 4.52 Å². The molecule has 1 atom stereocenters. The summed E-state index contributed by atoms with van der Waals surface area (Å²) in [6.07, 6.45) is 3.91. The first kappa shape index (κ1) is 13.1. The van der Waals surface area contributed by atoms with Crippen molar-refractivity contribution >= 4 is 5.97 Å². The van der Waals surface area contributed by atoms with Crippen molar-refractivity contribution in [3.63, 3.8) is 0 Å².